The second kappa shape index (κ2) is 8.85. The summed E-state index contributed by atoms with van der Waals surface area (Å²) in [6.45, 7) is 1.95. The van der Waals surface area contributed by atoms with Gasteiger partial charge in [-0.3, -0.25) is 4.79 Å². The van der Waals surface area contributed by atoms with Gasteiger partial charge in [0.2, 0.25) is 15.9 Å². The molecule has 7 nitrogen and oxygen atoms in total. The number of hydrogen-bond acceptors (Lipinski definition) is 5. The third-order valence-electron chi connectivity index (χ3n) is 3.39. The lowest BCUT2D eigenvalue weighted by molar-refractivity contribution is -0.121. The largest absolute Gasteiger partial charge is 0.493 e. The molecule has 0 radical (unpaired) electrons. The topological polar surface area (TPSA) is 84.9 Å². The van der Waals surface area contributed by atoms with Crippen molar-refractivity contribution in [2.24, 2.45) is 0 Å². The average Bonchev–Trinajstić information content (AvgIpc) is 2.56. The second-order valence-corrected chi connectivity index (χ2v) is 7.18. The van der Waals surface area contributed by atoms with Crippen LogP contribution in [0, 0.1) is 0 Å². The fourth-order valence-corrected chi connectivity index (χ4v) is 3.46. The van der Waals surface area contributed by atoms with Crippen LogP contribution in [0.3, 0.4) is 0 Å². The highest BCUT2D eigenvalue weighted by Crippen LogP contribution is 2.08. The maximum atomic E-state index is 12.1. The van der Waals surface area contributed by atoms with E-state index in [1.54, 1.807) is 0 Å². The molecule has 0 aliphatic carbocycles. The Labute approximate surface area is 136 Å². The van der Waals surface area contributed by atoms with Crippen LogP contribution < -0.4 is 10.1 Å². The van der Waals surface area contributed by atoms with E-state index >= 15 is 0 Å². The Morgan fingerprint density at radius 1 is 1.22 bits per heavy atom. The first-order valence-electron chi connectivity index (χ1n) is 7.58. The van der Waals surface area contributed by atoms with Crippen molar-refractivity contribution in [1.29, 1.82) is 0 Å². The van der Waals surface area contributed by atoms with Gasteiger partial charge in [0.15, 0.2) is 0 Å². The zero-order chi connectivity index (χ0) is 16.5. The van der Waals surface area contributed by atoms with Crippen molar-refractivity contribution in [1.82, 2.24) is 9.62 Å². The van der Waals surface area contributed by atoms with Crippen molar-refractivity contribution in [2.45, 2.75) is 6.42 Å². The van der Waals surface area contributed by atoms with Gasteiger partial charge in [0.05, 0.1) is 32.0 Å². The second-order valence-electron chi connectivity index (χ2n) is 5.09. The van der Waals surface area contributed by atoms with Crippen LogP contribution in [-0.4, -0.2) is 63.8 Å². The molecule has 128 valence electrons. The molecule has 0 unspecified atom stereocenters. The maximum Gasteiger partial charge on any atom is 0.223 e. The molecule has 2 rings (SSSR count). The molecule has 0 bridgehead atoms. The first-order valence-corrected chi connectivity index (χ1v) is 9.19. The van der Waals surface area contributed by atoms with Gasteiger partial charge in [0.25, 0.3) is 0 Å². The van der Waals surface area contributed by atoms with E-state index in [1.807, 2.05) is 30.3 Å². The van der Waals surface area contributed by atoms with Crippen molar-refractivity contribution < 1.29 is 22.7 Å². The lowest BCUT2D eigenvalue weighted by atomic mass is 10.3. The summed E-state index contributed by atoms with van der Waals surface area (Å²) < 4.78 is 36.1. The van der Waals surface area contributed by atoms with Gasteiger partial charge in [-0.15, -0.1) is 0 Å². The number of morpholine rings is 1. The highest BCUT2D eigenvalue weighted by atomic mass is 32.2. The van der Waals surface area contributed by atoms with Crippen molar-refractivity contribution in [2.75, 3.05) is 45.2 Å². The number of nitrogens with zero attached hydrogens (tertiary/aromatic N) is 1. The zero-order valence-electron chi connectivity index (χ0n) is 12.9. The van der Waals surface area contributed by atoms with E-state index < -0.39 is 10.0 Å². The summed E-state index contributed by atoms with van der Waals surface area (Å²) >= 11 is 0. The molecule has 0 saturated carbocycles. The number of rotatable bonds is 8. The van der Waals surface area contributed by atoms with Crippen molar-refractivity contribution in [3.05, 3.63) is 30.3 Å². The number of carbonyl (C=O) groups is 1. The van der Waals surface area contributed by atoms with E-state index in [9.17, 15) is 13.2 Å². The van der Waals surface area contributed by atoms with Crippen LogP contribution in [0.15, 0.2) is 30.3 Å². The van der Waals surface area contributed by atoms with Crippen LogP contribution >= 0.6 is 0 Å². The van der Waals surface area contributed by atoms with Crippen molar-refractivity contribution >= 4 is 15.9 Å². The number of carbonyl (C=O) groups excluding carboxylic acids is 1. The summed E-state index contributed by atoms with van der Waals surface area (Å²) in [5.41, 5.74) is 0. The van der Waals surface area contributed by atoms with Crippen molar-refractivity contribution in [3.63, 3.8) is 0 Å². The highest BCUT2D eigenvalue weighted by molar-refractivity contribution is 7.89. The van der Waals surface area contributed by atoms with Crippen LogP contribution in [0.1, 0.15) is 6.42 Å². The normalized spacial score (nSPS) is 16.0. The highest BCUT2D eigenvalue weighted by Gasteiger charge is 2.23. The first-order chi connectivity index (χ1) is 11.1. The molecule has 1 fully saturated rings. The predicted molar refractivity (Wildman–Crippen MR) is 85.7 cm³/mol. The first kappa shape index (κ1) is 17.7. The quantitative estimate of drug-likeness (QED) is 0.731. The van der Waals surface area contributed by atoms with Crippen LogP contribution in [-0.2, 0) is 19.6 Å². The van der Waals surface area contributed by atoms with Crippen LogP contribution in [0.2, 0.25) is 0 Å². The Hall–Kier alpha value is -1.64. The van der Waals surface area contributed by atoms with E-state index in [0.29, 0.717) is 32.1 Å². The van der Waals surface area contributed by atoms with Crippen LogP contribution in [0.25, 0.3) is 0 Å². The Bertz CT molecular complexity index is 585. The summed E-state index contributed by atoms with van der Waals surface area (Å²) in [5, 5.41) is 2.61. The molecular weight excluding hydrogens is 320 g/mol. The number of benzene rings is 1. The number of nitrogens with one attached hydrogen (secondary N) is 1. The molecule has 1 aromatic rings. The Kier molecular flexibility index (Phi) is 6.82. The number of hydrogen-bond donors (Lipinski definition) is 1. The van der Waals surface area contributed by atoms with Crippen LogP contribution in [0.4, 0.5) is 0 Å². The monoisotopic (exact) mass is 342 g/mol. The SMILES string of the molecule is O=C(CCOc1ccccc1)NCCS(=O)(=O)N1CCOCC1. The van der Waals surface area contributed by atoms with Crippen LogP contribution in [0.5, 0.6) is 5.75 Å². The van der Waals surface area contributed by atoms with Gasteiger partial charge in [0.1, 0.15) is 5.75 Å². The van der Waals surface area contributed by atoms with Gasteiger partial charge < -0.3 is 14.8 Å². The lowest BCUT2D eigenvalue weighted by Gasteiger charge is -2.26. The number of sulfonamides is 1. The third kappa shape index (κ3) is 6.17. The molecule has 0 atom stereocenters. The number of ether oxygens (including phenoxy) is 2. The van der Waals surface area contributed by atoms with E-state index in [4.69, 9.17) is 9.47 Å². The molecule has 1 aromatic carbocycles. The van der Waals surface area contributed by atoms with Gasteiger partial charge in [-0.25, -0.2) is 8.42 Å². The summed E-state index contributed by atoms with van der Waals surface area (Å²) in [7, 11) is -3.34. The molecule has 1 heterocycles. The van der Waals surface area contributed by atoms with E-state index in [2.05, 4.69) is 5.32 Å². The molecule has 23 heavy (non-hydrogen) atoms. The summed E-state index contributed by atoms with van der Waals surface area (Å²) in [5.74, 6) is 0.381. The Morgan fingerprint density at radius 3 is 2.61 bits per heavy atom. The van der Waals surface area contributed by atoms with E-state index in [1.165, 1.54) is 4.31 Å². The van der Waals surface area contributed by atoms with E-state index in [0.717, 1.165) is 0 Å². The standard InChI is InChI=1S/C15H22N2O5S/c18-15(6-10-22-14-4-2-1-3-5-14)16-7-13-23(19,20)17-8-11-21-12-9-17/h1-5H,6-13H2,(H,16,18). The molecule has 1 aliphatic heterocycles. The smallest absolute Gasteiger partial charge is 0.223 e. The predicted octanol–water partition coefficient (Wildman–Crippen LogP) is 0.234. The molecule has 1 aliphatic rings. The van der Waals surface area contributed by atoms with Gasteiger partial charge in [0, 0.05) is 19.6 Å². The molecule has 8 heteroatoms. The third-order valence-corrected chi connectivity index (χ3v) is 5.26. The minimum atomic E-state index is -3.34. The lowest BCUT2D eigenvalue weighted by Crippen LogP contribution is -2.43. The molecule has 1 amide bonds. The van der Waals surface area contributed by atoms with Gasteiger partial charge in [-0.2, -0.15) is 4.31 Å². The molecule has 1 N–H and O–H groups in total. The molecular formula is C15H22N2O5S. The maximum absolute atomic E-state index is 12.1. The fourth-order valence-electron chi connectivity index (χ4n) is 2.14. The van der Waals surface area contributed by atoms with E-state index in [-0.39, 0.29) is 31.2 Å². The number of amides is 1. The van der Waals surface area contributed by atoms with Crippen molar-refractivity contribution in [3.8, 4) is 5.75 Å². The van der Waals surface area contributed by atoms with Gasteiger partial charge in [-0.05, 0) is 12.1 Å². The van der Waals surface area contributed by atoms with Gasteiger partial charge >= 0.3 is 0 Å². The fraction of sp³-hybridized carbons (Fsp3) is 0.533. The molecule has 0 spiro atoms. The summed E-state index contributed by atoms with van der Waals surface area (Å²) in [6.07, 6.45) is 0.187. The Morgan fingerprint density at radius 2 is 1.91 bits per heavy atom. The minimum Gasteiger partial charge on any atom is -0.493 e. The summed E-state index contributed by atoms with van der Waals surface area (Å²) in [4.78, 5) is 11.7. The summed E-state index contributed by atoms with van der Waals surface area (Å²) in [6, 6.07) is 9.21. The zero-order valence-corrected chi connectivity index (χ0v) is 13.8. The molecule has 1 saturated heterocycles. The van der Waals surface area contributed by atoms with Gasteiger partial charge in [-0.1, -0.05) is 18.2 Å². The average molecular weight is 342 g/mol. The Balaban J connectivity index is 1.62. The minimum absolute atomic E-state index is 0.0989. The number of para-hydroxylation sites is 1. The molecule has 0 aromatic heterocycles.